The zero-order valence-corrected chi connectivity index (χ0v) is 7.23. The molecule has 52 valence electrons. The number of unbranched alkanes of at least 4 members (excludes halogenated alkanes) is 1. The van der Waals surface area contributed by atoms with Crippen molar-refractivity contribution in [1.29, 1.82) is 0 Å². The van der Waals surface area contributed by atoms with Crippen LogP contribution in [-0.2, 0) is 0 Å². The van der Waals surface area contributed by atoms with Gasteiger partial charge in [0.25, 0.3) is 0 Å². The first kappa shape index (κ1) is 9.15. The van der Waals surface area contributed by atoms with Gasteiger partial charge >= 0.3 is 0 Å². The summed E-state index contributed by atoms with van der Waals surface area (Å²) in [5.41, 5.74) is 0. The summed E-state index contributed by atoms with van der Waals surface area (Å²) in [5.74, 6) is 1.23. The summed E-state index contributed by atoms with van der Waals surface area (Å²) in [6.07, 6.45) is 4.49. The lowest BCUT2D eigenvalue weighted by molar-refractivity contribution is 0.819. The van der Waals surface area contributed by atoms with E-state index in [0.29, 0.717) is 0 Å². The molecular formula is C6H11NS2. The predicted octanol–water partition coefficient (Wildman–Crippen LogP) is 2.23. The fraction of sp³-hybridized carbons (Fsp3) is 0.833. The van der Waals surface area contributed by atoms with Crippen LogP contribution < -0.4 is 0 Å². The molecule has 0 bridgehead atoms. The van der Waals surface area contributed by atoms with Crippen molar-refractivity contribution >= 4 is 29.1 Å². The number of thiocarbonyl (C=S) groups is 1. The second kappa shape index (κ2) is 8.15. The van der Waals surface area contributed by atoms with Gasteiger partial charge in [-0.1, -0.05) is 0 Å². The number of thioether (sulfide) groups is 1. The van der Waals surface area contributed by atoms with Crippen molar-refractivity contribution in [2.75, 3.05) is 18.6 Å². The van der Waals surface area contributed by atoms with Crippen LogP contribution in [0.3, 0.4) is 0 Å². The number of hydrogen-bond donors (Lipinski definition) is 0. The number of isothiocyanates is 1. The molecule has 0 N–H and O–H groups in total. The van der Waals surface area contributed by atoms with Crippen LogP contribution in [0.4, 0.5) is 0 Å². The third-order valence-electron chi connectivity index (χ3n) is 0.933. The third-order valence-corrected chi connectivity index (χ3v) is 1.76. The van der Waals surface area contributed by atoms with Gasteiger partial charge in [0.1, 0.15) is 0 Å². The molecule has 1 nitrogen and oxygen atoms in total. The first-order valence-corrected chi connectivity index (χ1v) is 4.74. The Morgan fingerprint density at radius 2 is 2.33 bits per heavy atom. The Bertz CT molecular complexity index is 97.2. The summed E-state index contributed by atoms with van der Waals surface area (Å²) < 4.78 is 0. The van der Waals surface area contributed by atoms with Crippen molar-refractivity contribution in [2.45, 2.75) is 12.8 Å². The summed E-state index contributed by atoms with van der Waals surface area (Å²) in [4.78, 5) is 3.80. The van der Waals surface area contributed by atoms with Gasteiger partial charge in [-0.15, -0.1) is 0 Å². The highest BCUT2D eigenvalue weighted by Crippen LogP contribution is 1.98. The molecule has 0 rings (SSSR count). The van der Waals surface area contributed by atoms with Crippen LogP contribution in [0.2, 0.25) is 0 Å². The number of nitrogens with zero attached hydrogens (tertiary/aromatic N) is 1. The van der Waals surface area contributed by atoms with E-state index in [1.165, 1.54) is 12.2 Å². The normalized spacial score (nSPS) is 8.56. The van der Waals surface area contributed by atoms with E-state index in [4.69, 9.17) is 0 Å². The molecule has 0 aromatic rings. The molecule has 0 unspecified atom stereocenters. The van der Waals surface area contributed by atoms with Crippen molar-refractivity contribution in [2.24, 2.45) is 4.99 Å². The van der Waals surface area contributed by atoms with Crippen molar-refractivity contribution in [3.63, 3.8) is 0 Å². The summed E-state index contributed by atoms with van der Waals surface area (Å²) in [7, 11) is 0. The molecule has 0 saturated heterocycles. The Labute approximate surface area is 65.9 Å². The predicted molar refractivity (Wildman–Crippen MR) is 47.5 cm³/mol. The van der Waals surface area contributed by atoms with Crippen LogP contribution in [0.25, 0.3) is 0 Å². The van der Waals surface area contributed by atoms with Gasteiger partial charge < -0.3 is 0 Å². The minimum Gasteiger partial charge on any atom is -0.233 e. The lowest BCUT2D eigenvalue weighted by Gasteiger charge is -1.91. The first-order valence-electron chi connectivity index (χ1n) is 2.94. The zero-order chi connectivity index (χ0) is 6.95. The topological polar surface area (TPSA) is 12.4 Å². The lowest BCUT2D eigenvalue weighted by atomic mass is 10.3. The Balaban J connectivity index is 2.82. The minimum absolute atomic E-state index is 0.851. The van der Waals surface area contributed by atoms with Crippen LogP contribution >= 0.6 is 24.0 Å². The van der Waals surface area contributed by atoms with E-state index in [9.17, 15) is 0 Å². The highest BCUT2D eigenvalue weighted by atomic mass is 32.2. The molecule has 0 aliphatic heterocycles. The van der Waals surface area contributed by atoms with Gasteiger partial charge in [-0.25, -0.2) is 4.99 Å². The summed E-state index contributed by atoms with van der Waals surface area (Å²) >= 11 is 6.28. The Morgan fingerprint density at radius 3 is 2.89 bits per heavy atom. The van der Waals surface area contributed by atoms with E-state index >= 15 is 0 Å². The number of rotatable bonds is 5. The van der Waals surface area contributed by atoms with Gasteiger partial charge in [0.2, 0.25) is 0 Å². The molecule has 0 aromatic carbocycles. The lowest BCUT2D eigenvalue weighted by Crippen LogP contribution is -1.82. The van der Waals surface area contributed by atoms with Crippen LogP contribution in [-0.4, -0.2) is 23.7 Å². The monoisotopic (exact) mass is 161 g/mol. The maximum absolute atomic E-state index is 4.41. The smallest absolute Gasteiger partial charge is 0.0584 e. The molecular weight excluding hydrogens is 150 g/mol. The largest absolute Gasteiger partial charge is 0.233 e. The Morgan fingerprint density at radius 1 is 1.56 bits per heavy atom. The molecule has 0 spiro atoms. The molecule has 0 aliphatic rings. The number of hydrogen-bond acceptors (Lipinski definition) is 3. The molecule has 0 atom stereocenters. The highest BCUT2D eigenvalue weighted by molar-refractivity contribution is 7.98. The van der Waals surface area contributed by atoms with E-state index in [1.807, 2.05) is 11.8 Å². The average molecular weight is 161 g/mol. The SMILES string of the molecule is CSCCCCN=C=S. The van der Waals surface area contributed by atoms with Crippen molar-refractivity contribution in [3.8, 4) is 0 Å². The van der Waals surface area contributed by atoms with E-state index in [1.54, 1.807) is 0 Å². The van der Waals surface area contributed by atoms with Crippen molar-refractivity contribution in [3.05, 3.63) is 0 Å². The van der Waals surface area contributed by atoms with Gasteiger partial charge in [-0.05, 0) is 37.1 Å². The minimum atomic E-state index is 0.851. The van der Waals surface area contributed by atoms with Gasteiger partial charge in [0.15, 0.2) is 0 Å². The Kier molecular flexibility index (Phi) is 8.29. The van der Waals surface area contributed by atoms with E-state index < -0.39 is 0 Å². The molecule has 0 amide bonds. The summed E-state index contributed by atoms with van der Waals surface area (Å²) in [6, 6.07) is 0. The van der Waals surface area contributed by atoms with E-state index in [0.717, 1.165) is 13.0 Å². The van der Waals surface area contributed by atoms with E-state index in [-0.39, 0.29) is 0 Å². The summed E-state index contributed by atoms with van der Waals surface area (Å²) in [5, 5.41) is 2.35. The van der Waals surface area contributed by atoms with Crippen LogP contribution in [0, 0.1) is 0 Å². The standard InChI is InChI=1S/C6H11NS2/c1-9-5-3-2-4-7-6-8/h2-5H2,1H3. The third kappa shape index (κ3) is 8.15. The van der Waals surface area contributed by atoms with Gasteiger partial charge in [0.05, 0.1) is 5.16 Å². The van der Waals surface area contributed by atoms with Crippen LogP contribution in [0.1, 0.15) is 12.8 Å². The molecule has 9 heavy (non-hydrogen) atoms. The van der Waals surface area contributed by atoms with Crippen LogP contribution in [0.15, 0.2) is 4.99 Å². The van der Waals surface area contributed by atoms with Gasteiger partial charge in [0, 0.05) is 6.54 Å². The quantitative estimate of drug-likeness (QED) is 0.348. The van der Waals surface area contributed by atoms with E-state index in [2.05, 4.69) is 28.6 Å². The van der Waals surface area contributed by atoms with Crippen LogP contribution in [0.5, 0.6) is 0 Å². The number of aliphatic imine (C=N–C) groups is 1. The molecule has 0 saturated carbocycles. The molecule has 3 heteroatoms. The van der Waals surface area contributed by atoms with Gasteiger partial charge in [-0.3, -0.25) is 0 Å². The molecule has 0 aromatic heterocycles. The average Bonchev–Trinajstić information content (AvgIpc) is 1.89. The maximum atomic E-state index is 4.41. The summed E-state index contributed by atoms with van der Waals surface area (Å²) in [6.45, 7) is 0.851. The second-order valence-electron chi connectivity index (χ2n) is 1.67. The molecule has 0 radical (unpaired) electrons. The van der Waals surface area contributed by atoms with Gasteiger partial charge in [-0.2, -0.15) is 11.8 Å². The molecule has 0 aliphatic carbocycles. The molecule has 0 heterocycles. The maximum Gasteiger partial charge on any atom is 0.0584 e. The first-order chi connectivity index (χ1) is 4.41. The zero-order valence-electron chi connectivity index (χ0n) is 5.59. The highest BCUT2D eigenvalue weighted by Gasteiger charge is 1.83. The van der Waals surface area contributed by atoms with Crippen molar-refractivity contribution in [1.82, 2.24) is 0 Å². The second-order valence-corrected chi connectivity index (χ2v) is 2.84. The fourth-order valence-electron chi connectivity index (χ4n) is 0.483. The van der Waals surface area contributed by atoms with Crippen molar-refractivity contribution < 1.29 is 0 Å². The molecule has 0 fully saturated rings. The Hall–Kier alpha value is 0.150. The fourth-order valence-corrected chi connectivity index (χ4v) is 1.07.